The summed E-state index contributed by atoms with van der Waals surface area (Å²) in [5.41, 5.74) is 3.21. The monoisotopic (exact) mass is 307 g/mol. The first-order valence-electron chi connectivity index (χ1n) is 8.20. The number of rotatable bonds is 5. The molecule has 0 unspecified atom stereocenters. The molecule has 1 aliphatic rings. The summed E-state index contributed by atoms with van der Waals surface area (Å²) in [7, 11) is 1.98. The number of hydrogen-bond donors (Lipinski definition) is 0. The summed E-state index contributed by atoms with van der Waals surface area (Å²) in [5, 5.41) is 4.49. The van der Waals surface area contributed by atoms with E-state index < -0.39 is 0 Å². The lowest BCUT2D eigenvalue weighted by Gasteiger charge is -2.31. The van der Waals surface area contributed by atoms with Crippen molar-refractivity contribution in [3.8, 4) is 0 Å². The number of nitrogens with zero attached hydrogens (tertiary/aromatic N) is 3. The molecule has 1 aromatic rings. The van der Waals surface area contributed by atoms with Gasteiger partial charge in [-0.3, -0.25) is 14.4 Å². The molecular weight excluding hydrogens is 278 g/mol. The normalized spacial score (nSPS) is 22.5. The third-order valence-electron chi connectivity index (χ3n) is 5.21. The Morgan fingerprint density at radius 2 is 2.09 bits per heavy atom. The minimum atomic E-state index is -0.361. The number of carbonyl (C=O) groups is 1. The van der Waals surface area contributed by atoms with Crippen molar-refractivity contribution >= 4 is 5.97 Å². The van der Waals surface area contributed by atoms with Gasteiger partial charge in [-0.25, -0.2) is 0 Å². The zero-order valence-corrected chi connectivity index (χ0v) is 14.8. The molecule has 1 saturated heterocycles. The van der Waals surface area contributed by atoms with Gasteiger partial charge in [-0.2, -0.15) is 5.10 Å². The molecular formula is C17H29N3O2. The summed E-state index contributed by atoms with van der Waals surface area (Å²) in [5.74, 6) is 0.250. The first-order chi connectivity index (χ1) is 10.3. The summed E-state index contributed by atoms with van der Waals surface area (Å²) in [6.45, 7) is 13.3. The number of aryl methyl sites for hydroxylation is 2. The third kappa shape index (κ3) is 2.91. The van der Waals surface area contributed by atoms with E-state index in [2.05, 4.69) is 37.7 Å². The molecule has 124 valence electrons. The van der Waals surface area contributed by atoms with E-state index in [1.54, 1.807) is 0 Å². The molecule has 1 aromatic heterocycles. The number of ether oxygens (including phenoxy) is 1. The van der Waals surface area contributed by atoms with E-state index in [0.717, 1.165) is 31.7 Å². The number of likely N-dealkylation sites (tertiary alicyclic amines) is 1. The Labute approximate surface area is 133 Å². The zero-order chi connectivity index (χ0) is 16.5. The van der Waals surface area contributed by atoms with Crippen molar-refractivity contribution in [3.05, 3.63) is 17.0 Å². The van der Waals surface area contributed by atoms with Crippen LogP contribution >= 0.6 is 0 Å². The molecule has 5 heteroatoms. The summed E-state index contributed by atoms with van der Waals surface area (Å²) in [6.07, 6.45) is 0.877. The maximum Gasteiger partial charge on any atom is 0.313 e. The van der Waals surface area contributed by atoms with Crippen LogP contribution in [0, 0.1) is 25.2 Å². The molecule has 2 rings (SSSR count). The van der Waals surface area contributed by atoms with Gasteiger partial charge in [0.1, 0.15) is 0 Å². The van der Waals surface area contributed by atoms with Crippen LogP contribution in [0.15, 0.2) is 0 Å². The van der Waals surface area contributed by atoms with Crippen molar-refractivity contribution in [2.24, 2.45) is 18.4 Å². The van der Waals surface area contributed by atoms with E-state index in [1.165, 1.54) is 11.3 Å². The summed E-state index contributed by atoms with van der Waals surface area (Å²) >= 11 is 0. The molecule has 1 atom stereocenters. The molecule has 0 radical (unpaired) electrons. The van der Waals surface area contributed by atoms with Crippen LogP contribution in [0.2, 0.25) is 0 Å². The predicted octanol–water partition coefficient (Wildman–Crippen LogP) is 2.45. The Balaban J connectivity index is 2.15. The summed E-state index contributed by atoms with van der Waals surface area (Å²) in [4.78, 5) is 14.8. The van der Waals surface area contributed by atoms with Crippen LogP contribution in [-0.2, 0) is 23.1 Å². The molecule has 1 fully saturated rings. The highest BCUT2D eigenvalue weighted by Crippen LogP contribution is 2.40. The van der Waals surface area contributed by atoms with Gasteiger partial charge in [-0.15, -0.1) is 0 Å². The lowest BCUT2D eigenvalue weighted by Crippen LogP contribution is -2.40. The highest BCUT2D eigenvalue weighted by Gasteiger charge is 2.48. The number of hydrogen-bond acceptors (Lipinski definition) is 4. The van der Waals surface area contributed by atoms with Crippen LogP contribution in [0.5, 0.6) is 0 Å². The molecule has 0 aromatic carbocycles. The number of carbonyl (C=O) groups excluding carboxylic acids is 1. The van der Waals surface area contributed by atoms with Gasteiger partial charge in [0.2, 0.25) is 0 Å². The quantitative estimate of drug-likeness (QED) is 0.784. The van der Waals surface area contributed by atoms with Crippen LogP contribution in [-0.4, -0.2) is 40.3 Å². The molecule has 5 nitrogen and oxygen atoms in total. The first kappa shape index (κ1) is 17.0. The van der Waals surface area contributed by atoms with Gasteiger partial charge >= 0.3 is 5.97 Å². The van der Waals surface area contributed by atoms with Crippen molar-refractivity contribution < 1.29 is 9.53 Å². The number of esters is 1. The molecule has 0 bridgehead atoms. The van der Waals surface area contributed by atoms with Crippen molar-refractivity contribution in [1.82, 2.24) is 14.7 Å². The molecule has 0 aliphatic carbocycles. The second-order valence-corrected chi connectivity index (χ2v) is 6.76. The van der Waals surface area contributed by atoms with Crippen LogP contribution in [0.3, 0.4) is 0 Å². The minimum absolute atomic E-state index is 0.0351. The topological polar surface area (TPSA) is 47.4 Å². The van der Waals surface area contributed by atoms with Crippen LogP contribution in [0.25, 0.3) is 0 Å². The van der Waals surface area contributed by atoms with Gasteiger partial charge in [-0.05, 0) is 39.7 Å². The standard InChI is InChI=1S/C17H29N3O2/c1-7-22-16(21)17(12(2)3)8-9-20(11-17)10-15-13(4)18-19(6)14(15)5/h12H,7-11H2,1-6H3/t17-/m1/s1. The predicted molar refractivity (Wildman–Crippen MR) is 86.5 cm³/mol. The van der Waals surface area contributed by atoms with E-state index in [1.807, 2.05) is 18.7 Å². The summed E-state index contributed by atoms with van der Waals surface area (Å²) < 4.78 is 7.29. The molecule has 0 saturated carbocycles. The molecule has 0 spiro atoms. The molecule has 22 heavy (non-hydrogen) atoms. The van der Waals surface area contributed by atoms with Crippen molar-refractivity contribution in [2.75, 3.05) is 19.7 Å². The Hall–Kier alpha value is -1.36. The van der Waals surface area contributed by atoms with E-state index in [0.29, 0.717) is 6.61 Å². The third-order valence-corrected chi connectivity index (χ3v) is 5.21. The Kier molecular flexibility index (Phi) is 4.95. The molecule has 2 heterocycles. The highest BCUT2D eigenvalue weighted by atomic mass is 16.5. The van der Waals surface area contributed by atoms with Gasteiger partial charge in [0.15, 0.2) is 0 Å². The fraction of sp³-hybridized carbons (Fsp3) is 0.765. The van der Waals surface area contributed by atoms with Gasteiger partial charge < -0.3 is 4.74 Å². The largest absolute Gasteiger partial charge is 0.466 e. The highest BCUT2D eigenvalue weighted by molar-refractivity contribution is 5.78. The fourth-order valence-electron chi connectivity index (χ4n) is 3.47. The van der Waals surface area contributed by atoms with Gasteiger partial charge in [0.05, 0.1) is 17.7 Å². The van der Waals surface area contributed by atoms with Crippen LogP contribution < -0.4 is 0 Å². The first-order valence-corrected chi connectivity index (χ1v) is 8.20. The van der Waals surface area contributed by atoms with Crippen LogP contribution in [0.1, 0.15) is 44.1 Å². The Morgan fingerprint density at radius 3 is 2.59 bits per heavy atom. The van der Waals surface area contributed by atoms with Crippen molar-refractivity contribution in [1.29, 1.82) is 0 Å². The Bertz CT molecular complexity index is 550. The minimum Gasteiger partial charge on any atom is -0.466 e. The smallest absolute Gasteiger partial charge is 0.313 e. The fourth-order valence-corrected chi connectivity index (χ4v) is 3.47. The second-order valence-electron chi connectivity index (χ2n) is 6.76. The average Bonchev–Trinajstić information content (AvgIpc) is 2.98. The molecule has 1 aliphatic heterocycles. The maximum absolute atomic E-state index is 12.5. The average molecular weight is 307 g/mol. The lowest BCUT2D eigenvalue weighted by atomic mass is 9.76. The molecule has 0 amide bonds. The van der Waals surface area contributed by atoms with E-state index in [-0.39, 0.29) is 17.3 Å². The lowest BCUT2D eigenvalue weighted by molar-refractivity contribution is -0.157. The van der Waals surface area contributed by atoms with Gasteiger partial charge in [0, 0.05) is 31.4 Å². The van der Waals surface area contributed by atoms with E-state index in [9.17, 15) is 4.79 Å². The molecule has 0 N–H and O–H groups in total. The number of aromatic nitrogens is 2. The zero-order valence-electron chi connectivity index (χ0n) is 14.8. The second kappa shape index (κ2) is 6.41. The van der Waals surface area contributed by atoms with Crippen LogP contribution in [0.4, 0.5) is 0 Å². The Morgan fingerprint density at radius 1 is 1.41 bits per heavy atom. The van der Waals surface area contributed by atoms with Crippen molar-refractivity contribution in [2.45, 2.75) is 47.6 Å². The van der Waals surface area contributed by atoms with E-state index >= 15 is 0 Å². The maximum atomic E-state index is 12.5. The summed E-state index contributed by atoms with van der Waals surface area (Å²) in [6, 6.07) is 0. The van der Waals surface area contributed by atoms with Crippen molar-refractivity contribution in [3.63, 3.8) is 0 Å². The SMILES string of the molecule is CCOC(=O)[C@]1(C(C)C)CCN(Cc2c(C)nn(C)c2C)C1. The van der Waals surface area contributed by atoms with E-state index in [4.69, 9.17) is 4.74 Å². The van der Waals surface area contributed by atoms with Gasteiger partial charge in [0.25, 0.3) is 0 Å². The van der Waals surface area contributed by atoms with Gasteiger partial charge in [-0.1, -0.05) is 13.8 Å².